The van der Waals surface area contributed by atoms with Crippen LogP contribution in [-0.2, 0) is 25.7 Å². The Balaban J connectivity index is 1.57. The van der Waals surface area contributed by atoms with Crippen LogP contribution in [0.15, 0.2) is 18.2 Å². The lowest BCUT2D eigenvalue weighted by Crippen LogP contribution is -2.47. The van der Waals surface area contributed by atoms with Crippen LogP contribution in [0.3, 0.4) is 0 Å². The Labute approximate surface area is 173 Å². The number of hydroxylamine groups is 1. The van der Waals surface area contributed by atoms with E-state index in [4.69, 9.17) is 23.8 Å². The second-order valence-electron chi connectivity index (χ2n) is 7.50. The molecule has 8 nitrogen and oxygen atoms in total. The lowest BCUT2D eigenvalue weighted by atomic mass is 10.1. The molecule has 0 radical (unpaired) electrons. The Morgan fingerprint density at radius 3 is 3.00 bits per heavy atom. The molecule has 0 spiro atoms. The first-order valence-corrected chi connectivity index (χ1v) is 10.4. The van der Waals surface area contributed by atoms with Crippen LogP contribution in [0.5, 0.6) is 5.75 Å². The van der Waals surface area contributed by atoms with Gasteiger partial charge in [-0.05, 0) is 44.0 Å². The van der Waals surface area contributed by atoms with E-state index >= 15 is 0 Å². The first-order chi connectivity index (χ1) is 14.2. The van der Waals surface area contributed by atoms with E-state index in [0.29, 0.717) is 39.6 Å². The third-order valence-electron chi connectivity index (χ3n) is 4.97. The highest BCUT2D eigenvalue weighted by atomic mass is 16.7. The van der Waals surface area contributed by atoms with E-state index in [9.17, 15) is 5.11 Å². The zero-order valence-electron chi connectivity index (χ0n) is 17.5. The topological polar surface area (TPSA) is 81.7 Å². The first kappa shape index (κ1) is 22.3. The number of ether oxygens (including phenoxy) is 4. The van der Waals surface area contributed by atoms with Crippen molar-refractivity contribution in [1.82, 2.24) is 5.32 Å². The lowest BCUT2D eigenvalue weighted by Gasteiger charge is -2.33. The van der Waals surface area contributed by atoms with Gasteiger partial charge >= 0.3 is 0 Å². The molecular weight excluding hydrogens is 376 g/mol. The maximum atomic E-state index is 9.48. The van der Waals surface area contributed by atoms with Gasteiger partial charge in [0.2, 0.25) is 0 Å². The Bertz CT molecular complexity index is 615. The van der Waals surface area contributed by atoms with Crippen LogP contribution < -0.4 is 15.1 Å². The Morgan fingerprint density at radius 2 is 2.17 bits per heavy atom. The predicted molar refractivity (Wildman–Crippen MR) is 109 cm³/mol. The van der Waals surface area contributed by atoms with Crippen molar-refractivity contribution in [2.24, 2.45) is 0 Å². The zero-order chi connectivity index (χ0) is 20.5. The van der Waals surface area contributed by atoms with Crippen molar-refractivity contribution in [3.8, 4) is 5.75 Å². The SMILES string of the molecule is COCCCON1CCOc2ccc(CO[C@@H]3CCNC[C@@H]3OC[C@@H](C)O)cc21. The second kappa shape index (κ2) is 11.7. The molecule has 1 fully saturated rings. The molecule has 1 saturated heterocycles. The van der Waals surface area contributed by atoms with E-state index in [1.165, 1.54) is 0 Å². The van der Waals surface area contributed by atoms with Gasteiger partial charge in [0.25, 0.3) is 0 Å². The highest BCUT2D eigenvalue weighted by molar-refractivity contribution is 5.59. The van der Waals surface area contributed by atoms with Gasteiger partial charge in [0, 0.05) is 20.3 Å². The molecule has 0 bridgehead atoms. The number of rotatable bonds is 11. The fourth-order valence-electron chi connectivity index (χ4n) is 3.47. The summed E-state index contributed by atoms with van der Waals surface area (Å²) in [6.45, 7) is 6.74. The van der Waals surface area contributed by atoms with E-state index in [0.717, 1.165) is 42.9 Å². The van der Waals surface area contributed by atoms with Gasteiger partial charge in [-0.2, -0.15) is 0 Å². The van der Waals surface area contributed by atoms with Crippen LogP contribution in [0.25, 0.3) is 0 Å². The van der Waals surface area contributed by atoms with Crippen molar-refractivity contribution in [3.63, 3.8) is 0 Å². The summed E-state index contributed by atoms with van der Waals surface area (Å²) in [5.41, 5.74) is 1.99. The first-order valence-electron chi connectivity index (χ1n) is 10.4. The number of anilines is 1. The van der Waals surface area contributed by atoms with Crippen LogP contribution >= 0.6 is 0 Å². The quantitative estimate of drug-likeness (QED) is 0.531. The molecule has 2 aliphatic heterocycles. The number of fused-ring (bicyclic) bond motifs is 1. The van der Waals surface area contributed by atoms with Gasteiger partial charge in [-0.3, -0.25) is 4.84 Å². The molecule has 0 aromatic heterocycles. The van der Waals surface area contributed by atoms with Crippen molar-refractivity contribution in [1.29, 1.82) is 0 Å². The Morgan fingerprint density at radius 1 is 1.28 bits per heavy atom. The number of methoxy groups -OCH3 is 1. The number of aliphatic hydroxyl groups excluding tert-OH is 1. The molecule has 2 aliphatic rings. The lowest BCUT2D eigenvalue weighted by molar-refractivity contribution is -0.105. The molecule has 1 aromatic rings. The predicted octanol–water partition coefficient (Wildman–Crippen LogP) is 1.50. The third-order valence-corrected chi connectivity index (χ3v) is 4.97. The fraction of sp³-hybridized carbons (Fsp3) is 0.714. The van der Waals surface area contributed by atoms with Crippen molar-refractivity contribution in [2.75, 3.05) is 58.2 Å². The minimum Gasteiger partial charge on any atom is -0.489 e. The van der Waals surface area contributed by atoms with Gasteiger partial charge in [-0.15, -0.1) is 0 Å². The molecule has 0 amide bonds. The molecule has 2 heterocycles. The summed E-state index contributed by atoms with van der Waals surface area (Å²) >= 11 is 0. The van der Waals surface area contributed by atoms with Gasteiger partial charge in [0.05, 0.1) is 44.7 Å². The zero-order valence-corrected chi connectivity index (χ0v) is 17.5. The number of hydrogen-bond acceptors (Lipinski definition) is 8. The summed E-state index contributed by atoms with van der Waals surface area (Å²) in [5, 5.41) is 14.7. The van der Waals surface area contributed by atoms with Crippen LogP contribution in [-0.4, -0.2) is 76.6 Å². The molecule has 1 aromatic carbocycles. The highest BCUT2D eigenvalue weighted by Crippen LogP contribution is 2.33. The summed E-state index contributed by atoms with van der Waals surface area (Å²) in [6, 6.07) is 6.07. The maximum Gasteiger partial charge on any atom is 0.145 e. The summed E-state index contributed by atoms with van der Waals surface area (Å²) in [6.07, 6.45) is 1.19. The summed E-state index contributed by atoms with van der Waals surface area (Å²) in [7, 11) is 1.69. The molecular formula is C21H34N2O6. The van der Waals surface area contributed by atoms with Gasteiger partial charge in [0.15, 0.2) is 0 Å². The number of nitrogens with one attached hydrogen (secondary N) is 1. The second-order valence-corrected chi connectivity index (χ2v) is 7.50. The van der Waals surface area contributed by atoms with Crippen molar-refractivity contribution >= 4 is 5.69 Å². The Kier molecular flexibility index (Phi) is 8.97. The molecule has 164 valence electrons. The smallest absolute Gasteiger partial charge is 0.145 e. The maximum absolute atomic E-state index is 9.48. The van der Waals surface area contributed by atoms with Gasteiger partial charge in [-0.25, -0.2) is 5.06 Å². The van der Waals surface area contributed by atoms with E-state index in [1.54, 1.807) is 14.0 Å². The van der Waals surface area contributed by atoms with Crippen LogP contribution in [0.1, 0.15) is 25.3 Å². The summed E-state index contributed by atoms with van der Waals surface area (Å²) < 4.78 is 22.9. The molecule has 8 heteroatoms. The molecule has 0 unspecified atom stereocenters. The minimum atomic E-state index is -0.479. The van der Waals surface area contributed by atoms with Crippen LogP contribution in [0, 0.1) is 0 Å². The summed E-state index contributed by atoms with van der Waals surface area (Å²) in [5.74, 6) is 0.826. The van der Waals surface area contributed by atoms with Gasteiger partial charge in [-0.1, -0.05) is 6.07 Å². The average molecular weight is 411 g/mol. The average Bonchev–Trinajstić information content (AvgIpc) is 2.74. The number of benzene rings is 1. The molecule has 29 heavy (non-hydrogen) atoms. The molecule has 3 rings (SSSR count). The number of hydrogen-bond donors (Lipinski definition) is 2. The fourth-order valence-corrected chi connectivity index (χ4v) is 3.47. The highest BCUT2D eigenvalue weighted by Gasteiger charge is 2.27. The van der Waals surface area contributed by atoms with Crippen molar-refractivity contribution < 1.29 is 28.9 Å². The normalized spacial score (nSPS) is 22.8. The van der Waals surface area contributed by atoms with E-state index in [1.807, 2.05) is 17.2 Å². The van der Waals surface area contributed by atoms with E-state index < -0.39 is 6.10 Å². The van der Waals surface area contributed by atoms with Crippen molar-refractivity contribution in [2.45, 2.75) is 44.7 Å². The molecule has 0 aliphatic carbocycles. The monoisotopic (exact) mass is 410 g/mol. The van der Waals surface area contributed by atoms with Gasteiger partial charge in [0.1, 0.15) is 18.0 Å². The molecule has 0 saturated carbocycles. The van der Waals surface area contributed by atoms with E-state index in [-0.39, 0.29) is 12.2 Å². The van der Waals surface area contributed by atoms with E-state index in [2.05, 4.69) is 11.4 Å². The van der Waals surface area contributed by atoms with Crippen molar-refractivity contribution in [3.05, 3.63) is 23.8 Å². The molecule has 2 N–H and O–H groups in total. The largest absolute Gasteiger partial charge is 0.489 e. The number of piperidine rings is 1. The number of aliphatic hydroxyl groups is 1. The number of nitrogens with zero attached hydrogens (tertiary/aromatic N) is 1. The summed E-state index contributed by atoms with van der Waals surface area (Å²) in [4.78, 5) is 5.91. The van der Waals surface area contributed by atoms with Crippen LogP contribution in [0.2, 0.25) is 0 Å². The van der Waals surface area contributed by atoms with Crippen LogP contribution in [0.4, 0.5) is 5.69 Å². The standard InChI is InChI=1S/C21H34N2O6/c1-16(24)14-27-21-13-22-7-6-20(21)28-15-17-4-5-19-18(12-17)23(8-11-26-19)29-10-3-9-25-2/h4-5,12,16,20-22,24H,3,6-11,13-15H2,1-2H3/t16-,20-,21+/m1/s1. The third kappa shape index (κ3) is 6.80. The Hall–Kier alpha value is -1.42. The van der Waals surface area contributed by atoms with Gasteiger partial charge < -0.3 is 29.4 Å². The minimum absolute atomic E-state index is 0.00341. The molecule has 3 atom stereocenters.